The Hall–Kier alpha value is -2.84. The van der Waals surface area contributed by atoms with E-state index in [1.807, 2.05) is 0 Å². The van der Waals surface area contributed by atoms with Crippen LogP contribution in [-0.4, -0.2) is 6.04 Å². The van der Waals surface area contributed by atoms with E-state index in [4.69, 9.17) is 5.73 Å². The maximum Gasteiger partial charge on any atom is 0.0391 e. The number of benzene rings is 3. The summed E-state index contributed by atoms with van der Waals surface area (Å²) in [6, 6.07) is 24.0. The first-order valence-corrected chi connectivity index (χ1v) is 9.66. The lowest BCUT2D eigenvalue weighted by molar-refractivity contribution is 0.721. The van der Waals surface area contributed by atoms with Crippen LogP contribution in [0, 0.1) is 0 Å². The Bertz CT molecular complexity index is 970. The van der Waals surface area contributed by atoms with E-state index in [1.165, 1.54) is 27.8 Å². The van der Waals surface area contributed by atoms with Crippen molar-refractivity contribution in [2.24, 2.45) is 5.73 Å². The zero-order chi connectivity index (χ0) is 18.8. The summed E-state index contributed by atoms with van der Waals surface area (Å²) in [5.41, 5.74) is 15.7. The number of nitrogens with one attached hydrogen (secondary N) is 1. The number of hydrogen-bond donors (Lipinski definition) is 2. The van der Waals surface area contributed by atoms with Crippen LogP contribution in [0.2, 0.25) is 0 Å². The molecule has 0 heterocycles. The average Bonchev–Trinajstić information content (AvgIpc) is 3.07. The van der Waals surface area contributed by atoms with Crippen molar-refractivity contribution in [1.82, 2.24) is 0 Å². The third-order valence-electron chi connectivity index (χ3n) is 5.39. The SMILES string of the molecule is C=C(Nc1ccc2c(c1)CC(N)C2)c1ccccc1-c1ccc(CC)cc1. The first-order chi connectivity index (χ1) is 13.1. The third-order valence-corrected chi connectivity index (χ3v) is 5.39. The van der Waals surface area contributed by atoms with Gasteiger partial charge in [0.1, 0.15) is 0 Å². The van der Waals surface area contributed by atoms with Gasteiger partial charge in [-0.05, 0) is 59.2 Å². The Kier molecular flexibility index (Phi) is 4.83. The van der Waals surface area contributed by atoms with E-state index >= 15 is 0 Å². The summed E-state index contributed by atoms with van der Waals surface area (Å²) in [5.74, 6) is 0. The van der Waals surface area contributed by atoms with Crippen LogP contribution < -0.4 is 11.1 Å². The van der Waals surface area contributed by atoms with Crippen LogP contribution in [0.1, 0.15) is 29.2 Å². The molecule has 136 valence electrons. The van der Waals surface area contributed by atoms with Gasteiger partial charge in [0.05, 0.1) is 0 Å². The molecular weight excluding hydrogens is 328 g/mol. The first-order valence-electron chi connectivity index (χ1n) is 9.66. The average molecular weight is 354 g/mol. The number of fused-ring (bicyclic) bond motifs is 1. The molecule has 0 aliphatic heterocycles. The van der Waals surface area contributed by atoms with Crippen molar-refractivity contribution in [1.29, 1.82) is 0 Å². The van der Waals surface area contributed by atoms with E-state index in [0.717, 1.165) is 36.2 Å². The Morgan fingerprint density at radius 2 is 1.74 bits per heavy atom. The smallest absolute Gasteiger partial charge is 0.0391 e. The highest BCUT2D eigenvalue weighted by Gasteiger charge is 2.18. The van der Waals surface area contributed by atoms with Crippen molar-refractivity contribution < 1.29 is 0 Å². The molecule has 3 aromatic rings. The van der Waals surface area contributed by atoms with E-state index in [0.29, 0.717) is 0 Å². The molecule has 0 spiro atoms. The second-order valence-electron chi connectivity index (χ2n) is 7.35. The van der Waals surface area contributed by atoms with Crippen LogP contribution in [-0.2, 0) is 19.3 Å². The normalized spacial score (nSPS) is 15.4. The fourth-order valence-corrected chi connectivity index (χ4v) is 3.89. The molecule has 0 fully saturated rings. The molecule has 2 heteroatoms. The van der Waals surface area contributed by atoms with Crippen molar-refractivity contribution >= 4 is 11.4 Å². The van der Waals surface area contributed by atoms with E-state index in [2.05, 4.69) is 85.5 Å². The summed E-state index contributed by atoms with van der Waals surface area (Å²) in [5, 5.41) is 3.50. The van der Waals surface area contributed by atoms with Crippen LogP contribution in [0.4, 0.5) is 5.69 Å². The predicted molar refractivity (Wildman–Crippen MR) is 116 cm³/mol. The van der Waals surface area contributed by atoms with Crippen molar-refractivity contribution in [3.63, 3.8) is 0 Å². The molecule has 0 bridgehead atoms. The van der Waals surface area contributed by atoms with E-state index < -0.39 is 0 Å². The minimum Gasteiger partial charge on any atom is -0.355 e. The largest absolute Gasteiger partial charge is 0.355 e. The van der Waals surface area contributed by atoms with Gasteiger partial charge in [-0.15, -0.1) is 0 Å². The van der Waals surface area contributed by atoms with Crippen molar-refractivity contribution in [3.8, 4) is 11.1 Å². The number of rotatable bonds is 5. The highest BCUT2D eigenvalue weighted by atomic mass is 14.9. The fraction of sp³-hybridized carbons (Fsp3) is 0.200. The fourth-order valence-electron chi connectivity index (χ4n) is 3.89. The molecule has 0 saturated heterocycles. The van der Waals surface area contributed by atoms with Crippen molar-refractivity contribution in [2.75, 3.05) is 5.32 Å². The van der Waals surface area contributed by atoms with Gasteiger partial charge in [0.2, 0.25) is 0 Å². The molecule has 1 aliphatic carbocycles. The Balaban J connectivity index is 1.60. The van der Waals surface area contributed by atoms with E-state index in [1.54, 1.807) is 0 Å². The van der Waals surface area contributed by atoms with Gasteiger partial charge < -0.3 is 11.1 Å². The maximum atomic E-state index is 6.09. The van der Waals surface area contributed by atoms with Gasteiger partial charge in [-0.1, -0.05) is 68.1 Å². The summed E-state index contributed by atoms with van der Waals surface area (Å²) < 4.78 is 0. The summed E-state index contributed by atoms with van der Waals surface area (Å²) in [7, 11) is 0. The van der Waals surface area contributed by atoms with Crippen LogP contribution in [0.15, 0.2) is 73.3 Å². The number of anilines is 1. The van der Waals surface area contributed by atoms with E-state index in [9.17, 15) is 0 Å². The second-order valence-corrected chi connectivity index (χ2v) is 7.35. The van der Waals surface area contributed by atoms with Crippen LogP contribution >= 0.6 is 0 Å². The maximum absolute atomic E-state index is 6.09. The molecule has 0 saturated carbocycles. The molecule has 1 aliphatic rings. The summed E-state index contributed by atoms with van der Waals surface area (Å²) >= 11 is 0. The highest BCUT2D eigenvalue weighted by molar-refractivity contribution is 5.85. The highest BCUT2D eigenvalue weighted by Crippen LogP contribution is 2.31. The zero-order valence-corrected chi connectivity index (χ0v) is 15.8. The number of hydrogen-bond acceptors (Lipinski definition) is 2. The van der Waals surface area contributed by atoms with Crippen LogP contribution in [0.5, 0.6) is 0 Å². The van der Waals surface area contributed by atoms with Gasteiger partial charge in [0, 0.05) is 23.0 Å². The minimum atomic E-state index is 0.255. The monoisotopic (exact) mass is 354 g/mol. The molecule has 0 amide bonds. The quantitative estimate of drug-likeness (QED) is 0.641. The minimum absolute atomic E-state index is 0.255. The molecule has 1 unspecified atom stereocenters. The molecule has 0 radical (unpaired) electrons. The lowest BCUT2D eigenvalue weighted by Gasteiger charge is -2.15. The molecule has 3 N–H and O–H groups in total. The van der Waals surface area contributed by atoms with E-state index in [-0.39, 0.29) is 6.04 Å². The number of aryl methyl sites for hydroxylation is 1. The molecule has 0 aromatic heterocycles. The van der Waals surface area contributed by atoms with Gasteiger partial charge in [0.15, 0.2) is 0 Å². The topological polar surface area (TPSA) is 38.0 Å². The zero-order valence-electron chi connectivity index (χ0n) is 15.8. The first kappa shape index (κ1) is 17.6. The van der Waals surface area contributed by atoms with Gasteiger partial charge in [-0.3, -0.25) is 0 Å². The van der Waals surface area contributed by atoms with Crippen LogP contribution in [0.3, 0.4) is 0 Å². The van der Waals surface area contributed by atoms with Gasteiger partial charge in [0.25, 0.3) is 0 Å². The van der Waals surface area contributed by atoms with Gasteiger partial charge in [-0.2, -0.15) is 0 Å². The molecule has 27 heavy (non-hydrogen) atoms. The molecule has 4 rings (SSSR count). The number of nitrogens with two attached hydrogens (primary N) is 1. The summed E-state index contributed by atoms with van der Waals surface area (Å²) in [6.07, 6.45) is 2.99. The summed E-state index contributed by atoms with van der Waals surface area (Å²) in [6.45, 7) is 6.49. The van der Waals surface area contributed by atoms with Crippen molar-refractivity contribution in [2.45, 2.75) is 32.2 Å². The third kappa shape index (κ3) is 3.67. The molecule has 1 atom stereocenters. The Morgan fingerprint density at radius 3 is 2.52 bits per heavy atom. The standard InChI is InChI=1S/C25H26N2/c1-3-18-8-10-19(11-9-18)25-7-5-4-6-24(25)17(2)27-23-13-12-20-14-22(26)15-21(20)16-23/h4-13,16,22,27H,2-3,14-15,26H2,1H3. The lowest BCUT2D eigenvalue weighted by atomic mass is 9.96. The second kappa shape index (κ2) is 7.42. The Morgan fingerprint density at radius 1 is 1.00 bits per heavy atom. The van der Waals surface area contributed by atoms with Crippen molar-refractivity contribution in [3.05, 3.63) is 95.6 Å². The van der Waals surface area contributed by atoms with Crippen LogP contribution in [0.25, 0.3) is 16.8 Å². The molecule has 2 nitrogen and oxygen atoms in total. The summed E-state index contributed by atoms with van der Waals surface area (Å²) in [4.78, 5) is 0. The molecule has 3 aromatic carbocycles. The van der Waals surface area contributed by atoms with Gasteiger partial charge in [-0.25, -0.2) is 0 Å². The predicted octanol–water partition coefficient (Wildman–Crippen LogP) is 5.42. The molecular formula is C25H26N2. The van der Waals surface area contributed by atoms with Gasteiger partial charge >= 0.3 is 0 Å². The lowest BCUT2D eigenvalue weighted by Crippen LogP contribution is -2.18. The Labute approximate surface area is 161 Å².